The predicted octanol–water partition coefficient (Wildman–Crippen LogP) is 6.35. The highest BCUT2D eigenvalue weighted by atomic mass is 32.1. The Bertz CT molecular complexity index is 1770. The van der Waals surface area contributed by atoms with Crippen LogP contribution in [0, 0.1) is 17.7 Å². The molecule has 1 aliphatic carbocycles. The third kappa shape index (κ3) is 8.59. The van der Waals surface area contributed by atoms with Crippen molar-refractivity contribution in [3.63, 3.8) is 0 Å². The smallest absolute Gasteiger partial charge is 0.408 e. The summed E-state index contributed by atoms with van der Waals surface area (Å²) in [6.07, 6.45) is 8.96. The molecular weight excluding hydrogens is 646 g/mol. The normalized spacial score (nSPS) is 14.5. The van der Waals surface area contributed by atoms with Crippen LogP contribution in [0.3, 0.4) is 0 Å². The monoisotopic (exact) mass is 684 g/mol. The highest BCUT2D eigenvalue weighted by molar-refractivity contribution is 7.13. The number of esters is 1. The number of carbonyl (C=O) groups is 3. The molecule has 1 unspecified atom stereocenters. The number of nitrogens with zero attached hydrogens (tertiary/aromatic N) is 6. The van der Waals surface area contributed by atoms with Gasteiger partial charge in [-0.2, -0.15) is 14.6 Å². The van der Waals surface area contributed by atoms with Gasteiger partial charge in [-0.15, -0.1) is 11.3 Å². The number of carbonyl (C=O) groups excluding carboxylic acids is 3. The van der Waals surface area contributed by atoms with E-state index in [4.69, 9.17) is 9.47 Å². The maximum absolute atomic E-state index is 14.8. The van der Waals surface area contributed by atoms with Gasteiger partial charge in [-0.1, -0.05) is 33.1 Å². The molecule has 13 nitrogen and oxygen atoms in total. The minimum Gasteiger partial charge on any atom is -0.444 e. The molecule has 0 aromatic carbocycles. The highest BCUT2D eigenvalue weighted by Gasteiger charge is 2.29. The summed E-state index contributed by atoms with van der Waals surface area (Å²) in [4.78, 5) is 46.4. The number of amides is 2. The van der Waals surface area contributed by atoms with Gasteiger partial charge >= 0.3 is 12.1 Å². The van der Waals surface area contributed by atoms with Crippen molar-refractivity contribution in [1.29, 1.82) is 0 Å². The van der Waals surface area contributed by atoms with E-state index >= 15 is 0 Å². The van der Waals surface area contributed by atoms with Crippen LogP contribution < -0.4 is 10.6 Å². The Morgan fingerprint density at radius 1 is 1.06 bits per heavy atom. The predicted molar refractivity (Wildman–Crippen MR) is 173 cm³/mol. The molecule has 1 saturated carbocycles. The second kappa shape index (κ2) is 14.6. The van der Waals surface area contributed by atoms with Gasteiger partial charge in [0.05, 0.1) is 17.9 Å². The molecule has 0 spiro atoms. The van der Waals surface area contributed by atoms with Crippen LogP contribution in [0.5, 0.6) is 0 Å². The van der Waals surface area contributed by atoms with E-state index < -0.39 is 41.4 Å². The number of rotatable bonds is 10. The number of hydrogen-bond donors (Lipinski definition) is 2. The first-order chi connectivity index (χ1) is 22.8. The molecule has 2 amide bonds. The molecule has 5 rings (SSSR count). The van der Waals surface area contributed by atoms with Crippen LogP contribution in [0.4, 0.5) is 19.3 Å². The molecule has 1 aliphatic rings. The molecule has 4 aromatic rings. The van der Waals surface area contributed by atoms with Crippen LogP contribution in [-0.4, -0.2) is 59.1 Å². The SMILES string of the molecule is CC(C)C(NC(=O)OC(C)(C)C)C(=O)OCn1cc(-c2nc(C(=O)Nc3cn(C4CCCCC4)nc3-c3nc(F)ccc3F)cs2)cn1. The Morgan fingerprint density at radius 2 is 1.81 bits per heavy atom. The Labute approximate surface area is 280 Å². The fourth-order valence-electron chi connectivity index (χ4n) is 5.17. The van der Waals surface area contributed by atoms with Crippen LogP contribution >= 0.6 is 11.3 Å². The first-order valence-corrected chi connectivity index (χ1v) is 16.5. The number of halogens is 2. The van der Waals surface area contributed by atoms with Gasteiger partial charge in [-0.05, 0) is 51.7 Å². The fraction of sp³-hybridized carbons (Fsp3) is 0.469. The largest absolute Gasteiger partial charge is 0.444 e. The molecule has 48 heavy (non-hydrogen) atoms. The third-order valence-electron chi connectivity index (χ3n) is 7.51. The summed E-state index contributed by atoms with van der Waals surface area (Å²) in [5.41, 5.74) is -0.152. The zero-order chi connectivity index (χ0) is 34.6. The minimum absolute atomic E-state index is 0.0261. The van der Waals surface area contributed by atoms with Gasteiger partial charge in [0, 0.05) is 23.3 Å². The molecule has 2 N–H and O–H groups in total. The number of ether oxygens (including phenoxy) is 2. The molecule has 0 saturated heterocycles. The van der Waals surface area contributed by atoms with E-state index in [1.165, 1.54) is 22.2 Å². The van der Waals surface area contributed by atoms with Crippen LogP contribution in [0.1, 0.15) is 83.3 Å². The van der Waals surface area contributed by atoms with Gasteiger partial charge in [0.2, 0.25) is 5.95 Å². The molecule has 256 valence electrons. The van der Waals surface area contributed by atoms with Crippen molar-refractivity contribution in [1.82, 2.24) is 34.8 Å². The third-order valence-corrected chi connectivity index (χ3v) is 8.41. The first-order valence-electron chi connectivity index (χ1n) is 15.6. The zero-order valence-electron chi connectivity index (χ0n) is 27.3. The molecular formula is C32H38F2N8O5S. The van der Waals surface area contributed by atoms with E-state index in [1.54, 1.807) is 57.1 Å². The topological polar surface area (TPSA) is 155 Å². The average Bonchev–Trinajstić information content (AvgIpc) is 3.79. The lowest BCUT2D eigenvalue weighted by molar-refractivity contribution is -0.151. The number of alkyl carbamates (subject to hydrolysis) is 1. The molecule has 0 aliphatic heterocycles. The molecule has 1 atom stereocenters. The molecule has 1 fully saturated rings. The van der Waals surface area contributed by atoms with Crippen molar-refractivity contribution < 1.29 is 32.6 Å². The lowest BCUT2D eigenvalue weighted by atomic mass is 9.96. The molecule has 16 heteroatoms. The van der Waals surface area contributed by atoms with Gasteiger partial charge in [-0.3, -0.25) is 9.48 Å². The summed E-state index contributed by atoms with van der Waals surface area (Å²) >= 11 is 1.20. The van der Waals surface area contributed by atoms with E-state index in [-0.39, 0.29) is 41.5 Å². The average molecular weight is 685 g/mol. The first kappa shape index (κ1) is 34.6. The van der Waals surface area contributed by atoms with Gasteiger partial charge in [0.15, 0.2) is 12.5 Å². The highest BCUT2D eigenvalue weighted by Crippen LogP contribution is 2.34. The second-order valence-electron chi connectivity index (χ2n) is 12.8. The maximum atomic E-state index is 14.8. The summed E-state index contributed by atoms with van der Waals surface area (Å²) in [7, 11) is 0. The number of hydrogen-bond acceptors (Lipinski definition) is 10. The van der Waals surface area contributed by atoms with Crippen LogP contribution in [0.25, 0.3) is 22.0 Å². The van der Waals surface area contributed by atoms with Gasteiger partial charge in [-0.25, -0.2) is 28.6 Å². The second-order valence-corrected chi connectivity index (χ2v) is 13.7. The van der Waals surface area contributed by atoms with Crippen LogP contribution in [0.2, 0.25) is 0 Å². The van der Waals surface area contributed by atoms with E-state index in [0.29, 0.717) is 10.6 Å². The van der Waals surface area contributed by atoms with E-state index in [2.05, 4.69) is 30.8 Å². The van der Waals surface area contributed by atoms with Crippen molar-refractivity contribution in [2.24, 2.45) is 5.92 Å². The maximum Gasteiger partial charge on any atom is 0.408 e. The molecule has 4 aromatic heterocycles. The standard InChI is InChI=1S/C32H38F2N8O5S/c1-18(2)25(39-31(45)47-32(3,4)5)30(44)46-17-41-14-19(13-35-41)29-37-23(16-48-29)28(43)36-22-15-42(20-9-7-6-8-10-20)40-27(22)26-21(33)11-12-24(34)38-26/h11-16,18,20,25H,6-10,17H2,1-5H3,(H,36,43)(H,39,45). The number of pyridine rings is 1. The Morgan fingerprint density at radius 3 is 2.52 bits per heavy atom. The van der Waals surface area contributed by atoms with Gasteiger partial charge < -0.3 is 20.1 Å². The van der Waals surface area contributed by atoms with E-state index in [1.807, 2.05) is 0 Å². The Kier molecular flexibility index (Phi) is 10.5. The lowest BCUT2D eigenvalue weighted by Gasteiger charge is -2.24. The summed E-state index contributed by atoms with van der Waals surface area (Å²) in [6.45, 7) is 8.48. The van der Waals surface area contributed by atoms with Gasteiger partial charge in [0.25, 0.3) is 5.91 Å². The number of aromatic nitrogens is 6. The van der Waals surface area contributed by atoms with Crippen molar-refractivity contribution >= 4 is 35.0 Å². The minimum atomic E-state index is -0.932. The lowest BCUT2D eigenvalue weighted by Crippen LogP contribution is -2.47. The summed E-state index contributed by atoms with van der Waals surface area (Å²) in [5.74, 6) is -3.12. The van der Waals surface area contributed by atoms with Crippen LogP contribution in [0.15, 0.2) is 36.1 Å². The van der Waals surface area contributed by atoms with E-state index in [9.17, 15) is 23.2 Å². The quantitative estimate of drug-likeness (QED) is 0.144. The fourth-order valence-corrected chi connectivity index (χ4v) is 5.94. The van der Waals surface area contributed by atoms with Crippen molar-refractivity contribution in [2.75, 3.05) is 5.32 Å². The summed E-state index contributed by atoms with van der Waals surface area (Å²) in [5, 5.41) is 16.1. The van der Waals surface area contributed by atoms with Crippen LogP contribution in [-0.2, 0) is 21.0 Å². The Balaban J connectivity index is 1.26. The van der Waals surface area contributed by atoms with E-state index in [0.717, 1.165) is 44.2 Å². The molecule has 0 radical (unpaired) electrons. The van der Waals surface area contributed by atoms with Crippen molar-refractivity contribution in [2.45, 2.75) is 91.1 Å². The van der Waals surface area contributed by atoms with Crippen molar-refractivity contribution in [3.05, 3.63) is 53.6 Å². The number of anilines is 1. The van der Waals surface area contributed by atoms with Gasteiger partial charge in [0.1, 0.15) is 33.7 Å². The number of thiazole rings is 1. The summed E-state index contributed by atoms with van der Waals surface area (Å²) in [6, 6.07) is 1.03. The Hall–Kier alpha value is -4.73. The summed E-state index contributed by atoms with van der Waals surface area (Å²) < 4.78 is 42.5. The zero-order valence-corrected chi connectivity index (χ0v) is 28.1. The molecule has 4 heterocycles. The molecule has 0 bridgehead atoms. The number of nitrogens with one attached hydrogen (secondary N) is 2. The van der Waals surface area contributed by atoms with Crippen molar-refractivity contribution in [3.8, 4) is 22.0 Å².